The number of ether oxygens (including phenoxy) is 1. The van der Waals surface area contributed by atoms with Crippen LogP contribution in [0.15, 0.2) is 42.7 Å². The van der Waals surface area contributed by atoms with Gasteiger partial charge in [0.25, 0.3) is 0 Å². The van der Waals surface area contributed by atoms with Crippen molar-refractivity contribution in [2.75, 3.05) is 19.7 Å². The molecule has 116 valence electrons. The van der Waals surface area contributed by atoms with Crippen LogP contribution in [-0.2, 0) is 21.6 Å². The number of amides is 1. The van der Waals surface area contributed by atoms with E-state index in [4.69, 9.17) is 4.74 Å². The molecule has 1 aromatic carbocycles. The molecular formula is C17H21N3O2. The number of aromatic nitrogens is 2. The Bertz CT molecular complexity index is 612. The van der Waals surface area contributed by atoms with Crippen LogP contribution in [0.2, 0.25) is 0 Å². The van der Waals surface area contributed by atoms with E-state index in [0.29, 0.717) is 32.5 Å². The highest BCUT2D eigenvalue weighted by Gasteiger charge is 2.35. The summed E-state index contributed by atoms with van der Waals surface area (Å²) in [4.78, 5) is 21.5. The van der Waals surface area contributed by atoms with Crippen molar-refractivity contribution >= 4 is 5.91 Å². The molecule has 1 aliphatic heterocycles. The van der Waals surface area contributed by atoms with Crippen molar-refractivity contribution in [2.24, 2.45) is 0 Å². The van der Waals surface area contributed by atoms with Gasteiger partial charge in [0, 0.05) is 31.8 Å². The first-order chi connectivity index (χ1) is 10.7. The van der Waals surface area contributed by atoms with Gasteiger partial charge in [0.2, 0.25) is 5.91 Å². The lowest BCUT2D eigenvalue weighted by molar-refractivity contribution is -0.149. The van der Waals surface area contributed by atoms with Crippen LogP contribution in [0, 0.1) is 0 Å². The summed E-state index contributed by atoms with van der Waals surface area (Å²) in [6.45, 7) is 3.86. The third-order valence-electron chi connectivity index (χ3n) is 4.14. The molecule has 1 aromatic heterocycles. The molecule has 0 aliphatic carbocycles. The first-order valence-corrected chi connectivity index (χ1v) is 7.63. The molecular weight excluding hydrogens is 278 g/mol. The number of aryl methyl sites for hydroxylation is 1. The number of benzene rings is 1. The van der Waals surface area contributed by atoms with Crippen molar-refractivity contribution in [1.29, 1.82) is 0 Å². The van der Waals surface area contributed by atoms with Gasteiger partial charge in [-0.2, -0.15) is 0 Å². The highest BCUT2D eigenvalue weighted by atomic mass is 16.5. The molecule has 2 heterocycles. The maximum atomic E-state index is 12.4. The molecule has 0 radical (unpaired) electrons. The van der Waals surface area contributed by atoms with Gasteiger partial charge < -0.3 is 14.6 Å². The maximum Gasteiger partial charge on any atom is 0.223 e. The van der Waals surface area contributed by atoms with Gasteiger partial charge in [-0.1, -0.05) is 30.3 Å². The number of aromatic amines is 1. The van der Waals surface area contributed by atoms with Crippen molar-refractivity contribution in [3.8, 4) is 0 Å². The third-order valence-corrected chi connectivity index (χ3v) is 4.14. The minimum atomic E-state index is -0.431. The molecule has 5 heteroatoms. The second-order valence-electron chi connectivity index (χ2n) is 5.80. The van der Waals surface area contributed by atoms with E-state index in [1.807, 2.05) is 30.0 Å². The fraction of sp³-hybridized carbons (Fsp3) is 0.412. The predicted octanol–water partition coefficient (Wildman–Crippen LogP) is 2.12. The molecule has 5 nitrogen and oxygen atoms in total. The third kappa shape index (κ3) is 3.20. The zero-order chi connectivity index (χ0) is 15.4. The van der Waals surface area contributed by atoms with E-state index in [1.54, 1.807) is 12.4 Å². The summed E-state index contributed by atoms with van der Waals surface area (Å²) < 4.78 is 5.97. The maximum absolute atomic E-state index is 12.4. The van der Waals surface area contributed by atoms with Gasteiger partial charge in [-0.15, -0.1) is 0 Å². The van der Waals surface area contributed by atoms with Gasteiger partial charge in [-0.25, -0.2) is 4.98 Å². The van der Waals surface area contributed by atoms with E-state index in [9.17, 15) is 4.79 Å². The van der Waals surface area contributed by atoms with Crippen LogP contribution < -0.4 is 0 Å². The van der Waals surface area contributed by atoms with Crippen LogP contribution in [-0.4, -0.2) is 40.5 Å². The van der Waals surface area contributed by atoms with Crippen molar-refractivity contribution in [2.45, 2.75) is 25.4 Å². The molecule has 1 aliphatic rings. The summed E-state index contributed by atoms with van der Waals surface area (Å²) in [7, 11) is 0. The molecule has 0 saturated carbocycles. The number of nitrogens with zero attached hydrogens (tertiary/aromatic N) is 2. The van der Waals surface area contributed by atoms with Crippen LogP contribution in [0.3, 0.4) is 0 Å². The number of morpholine rings is 1. The number of imidazole rings is 1. The number of H-pyrrole nitrogens is 1. The number of hydrogen-bond donors (Lipinski definition) is 1. The molecule has 1 N–H and O–H groups in total. The Morgan fingerprint density at radius 1 is 1.41 bits per heavy atom. The van der Waals surface area contributed by atoms with Gasteiger partial charge in [0.15, 0.2) is 0 Å². The highest BCUT2D eigenvalue weighted by Crippen LogP contribution is 2.29. The molecule has 1 fully saturated rings. The molecule has 0 bridgehead atoms. The minimum Gasteiger partial charge on any atom is -0.367 e. The van der Waals surface area contributed by atoms with Gasteiger partial charge in [0.1, 0.15) is 11.4 Å². The first-order valence-electron chi connectivity index (χ1n) is 7.63. The second kappa shape index (κ2) is 6.32. The number of nitrogens with one attached hydrogen (secondary N) is 1. The molecule has 1 unspecified atom stereocenters. The van der Waals surface area contributed by atoms with Gasteiger partial charge in [-0.3, -0.25) is 4.79 Å². The fourth-order valence-electron chi connectivity index (χ4n) is 2.87. The number of hydrogen-bond acceptors (Lipinski definition) is 3. The van der Waals surface area contributed by atoms with Crippen LogP contribution in [0.4, 0.5) is 0 Å². The van der Waals surface area contributed by atoms with E-state index in [2.05, 4.69) is 22.1 Å². The first kappa shape index (κ1) is 14.8. The standard InChI is InChI=1S/C17H21N3O2/c1-17(14-5-3-2-4-6-14)13-20(11-12-22-17)16(21)8-7-15-18-9-10-19-15/h2-6,9-10H,7-8,11-13H2,1H3,(H,18,19). The second-order valence-corrected chi connectivity index (χ2v) is 5.80. The Morgan fingerprint density at radius 3 is 2.95 bits per heavy atom. The van der Waals surface area contributed by atoms with Gasteiger partial charge in [0.05, 0.1) is 13.2 Å². The van der Waals surface area contributed by atoms with Crippen LogP contribution in [0.5, 0.6) is 0 Å². The summed E-state index contributed by atoms with van der Waals surface area (Å²) in [6, 6.07) is 10.1. The normalized spacial score (nSPS) is 21.8. The van der Waals surface area contributed by atoms with Gasteiger partial charge in [-0.05, 0) is 12.5 Å². The summed E-state index contributed by atoms with van der Waals surface area (Å²) >= 11 is 0. The zero-order valence-corrected chi connectivity index (χ0v) is 12.8. The Balaban J connectivity index is 1.63. The summed E-state index contributed by atoms with van der Waals surface area (Å²) in [6.07, 6.45) is 4.60. The van der Waals surface area contributed by atoms with Crippen molar-refractivity contribution in [1.82, 2.24) is 14.9 Å². The quantitative estimate of drug-likeness (QED) is 0.940. The lowest BCUT2D eigenvalue weighted by Gasteiger charge is -2.41. The molecule has 1 atom stereocenters. The monoisotopic (exact) mass is 299 g/mol. The van der Waals surface area contributed by atoms with E-state index >= 15 is 0 Å². The summed E-state index contributed by atoms with van der Waals surface area (Å²) in [5.41, 5.74) is 0.679. The topological polar surface area (TPSA) is 58.2 Å². The molecule has 22 heavy (non-hydrogen) atoms. The van der Waals surface area contributed by atoms with Crippen LogP contribution in [0.25, 0.3) is 0 Å². The smallest absolute Gasteiger partial charge is 0.223 e. The number of carbonyl (C=O) groups excluding carboxylic acids is 1. The fourth-order valence-corrected chi connectivity index (χ4v) is 2.87. The van der Waals surface area contributed by atoms with E-state index in [-0.39, 0.29) is 5.91 Å². The largest absolute Gasteiger partial charge is 0.367 e. The SMILES string of the molecule is CC1(c2ccccc2)CN(C(=O)CCc2ncc[nH]2)CCO1. The van der Waals surface area contributed by atoms with Crippen molar-refractivity contribution < 1.29 is 9.53 Å². The molecule has 0 spiro atoms. The average Bonchev–Trinajstić information content (AvgIpc) is 3.07. The van der Waals surface area contributed by atoms with E-state index < -0.39 is 5.60 Å². The predicted molar refractivity (Wildman–Crippen MR) is 83.2 cm³/mol. The Hall–Kier alpha value is -2.14. The number of carbonyl (C=O) groups is 1. The summed E-state index contributed by atoms with van der Waals surface area (Å²) in [5.74, 6) is 1.01. The lowest BCUT2D eigenvalue weighted by atomic mass is 9.93. The van der Waals surface area contributed by atoms with Crippen LogP contribution in [0.1, 0.15) is 24.7 Å². The van der Waals surface area contributed by atoms with Crippen LogP contribution >= 0.6 is 0 Å². The molecule has 2 aromatic rings. The molecule has 3 rings (SSSR count). The Morgan fingerprint density at radius 2 is 2.23 bits per heavy atom. The van der Waals surface area contributed by atoms with E-state index in [0.717, 1.165) is 11.4 Å². The Labute approximate surface area is 130 Å². The zero-order valence-electron chi connectivity index (χ0n) is 12.8. The van der Waals surface area contributed by atoms with Crippen molar-refractivity contribution in [3.63, 3.8) is 0 Å². The highest BCUT2D eigenvalue weighted by molar-refractivity contribution is 5.76. The number of rotatable bonds is 4. The van der Waals surface area contributed by atoms with Gasteiger partial charge >= 0.3 is 0 Å². The Kier molecular flexibility index (Phi) is 4.24. The van der Waals surface area contributed by atoms with E-state index in [1.165, 1.54) is 0 Å². The lowest BCUT2D eigenvalue weighted by Crippen LogP contribution is -2.50. The average molecular weight is 299 g/mol. The van der Waals surface area contributed by atoms with Crippen molar-refractivity contribution in [3.05, 3.63) is 54.1 Å². The summed E-state index contributed by atoms with van der Waals surface area (Å²) in [5, 5.41) is 0. The molecule has 1 amide bonds. The minimum absolute atomic E-state index is 0.154. The molecule has 1 saturated heterocycles.